The van der Waals surface area contributed by atoms with Crippen LogP contribution in [0.4, 0.5) is 23.4 Å². The van der Waals surface area contributed by atoms with E-state index < -0.39 is 17.6 Å². The van der Waals surface area contributed by atoms with E-state index in [1.807, 2.05) is 0 Å². The monoisotopic (exact) mass is 310 g/mol. The van der Waals surface area contributed by atoms with Crippen molar-refractivity contribution in [1.82, 2.24) is 14.6 Å². The molecule has 2 aromatic heterocycles. The van der Waals surface area contributed by atoms with Crippen molar-refractivity contribution in [1.29, 1.82) is 0 Å². The molecule has 3 rings (SSSR count). The van der Waals surface area contributed by atoms with Crippen molar-refractivity contribution < 1.29 is 17.6 Å². The zero-order valence-electron chi connectivity index (χ0n) is 11.1. The van der Waals surface area contributed by atoms with Crippen LogP contribution in [0.25, 0.3) is 5.65 Å². The van der Waals surface area contributed by atoms with Gasteiger partial charge in [0.1, 0.15) is 11.6 Å². The highest BCUT2D eigenvalue weighted by atomic mass is 19.4. The Kier molecular flexibility index (Phi) is 3.44. The van der Waals surface area contributed by atoms with Crippen LogP contribution in [0.2, 0.25) is 0 Å². The standard InChI is InChI=1S/C14H10F4N4/c15-13-9(2-1-3-10(13)14(16,17)18)8-19-11-5-7-22-12(21-11)4-6-20-22/h1-7H,8H2,(H,19,21). The summed E-state index contributed by atoms with van der Waals surface area (Å²) in [5.74, 6) is -0.849. The number of rotatable bonds is 3. The van der Waals surface area contributed by atoms with E-state index in [-0.39, 0.29) is 12.1 Å². The number of hydrogen-bond donors (Lipinski definition) is 1. The fraction of sp³-hybridized carbons (Fsp3) is 0.143. The Morgan fingerprint density at radius 1 is 1.14 bits per heavy atom. The quantitative estimate of drug-likeness (QED) is 0.753. The molecule has 0 aliphatic rings. The highest BCUT2D eigenvalue weighted by molar-refractivity contribution is 5.46. The van der Waals surface area contributed by atoms with Crippen LogP contribution in [-0.4, -0.2) is 14.6 Å². The topological polar surface area (TPSA) is 42.2 Å². The first-order valence-electron chi connectivity index (χ1n) is 6.34. The second-order valence-electron chi connectivity index (χ2n) is 4.58. The van der Waals surface area contributed by atoms with E-state index in [1.165, 1.54) is 16.6 Å². The van der Waals surface area contributed by atoms with Crippen molar-refractivity contribution in [2.45, 2.75) is 12.7 Å². The summed E-state index contributed by atoms with van der Waals surface area (Å²) in [6.07, 6.45) is -1.50. The van der Waals surface area contributed by atoms with Gasteiger partial charge >= 0.3 is 6.18 Å². The van der Waals surface area contributed by atoms with Gasteiger partial charge < -0.3 is 5.32 Å². The van der Waals surface area contributed by atoms with Crippen LogP contribution in [0.15, 0.2) is 42.7 Å². The van der Waals surface area contributed by atoms with E-state index in [0.717, 1.165) is 6.07 Å². The summed E-state index contributed by atoms with van der Waals surface area (Å²) in [7, 11) is 0. The average molecular weight is 310 g/mol. The Hall–Kier alpha value is -2.64. The van der Waals surface area contributed by atoms with Crippen LogP contribution in [0.3, 0.4) is 0 Å². The minimum atomic E-state index is -4.71. The number of hydrogen-bond acceptors (Lipinski definition) is 3. The molecule has 0 atom stereocenters. The van der Waals surface area contributed by atoms with Crippen LogP contribution in [-0.2, 0) is 12.7 Å². The average Bonchev–Trinajstić information content (AvgIpc) is 2.92. The molecule has 0 spiro atoms. The SMILES string of the molecule is Fc1c(CNc2ccn3nccc3n2)cccc1C(F)(F)F. The smallest absolute Gasteiger partial charge is 0.366 e. The van der Waals surface area contributed by atoms with E-state index in [2.05, 4.69) is 15.4 Å². The van der Waals surface area contributed by atoms with Gasteiger partial charge in [0.05, 0.1) is 11.8 Å². The second-order valence-corrected chi connectivity index (χ2v) is 4.58. The Morgan fingerprint density at radius 3 is 2.73 bits per heavy atom. The summed E-state index contributed by atoms with van der Waals surface area (Å²) < 4.78 is 53.4. The fourth-order valence-corrected chi connectivity index (χ4v) is 2.03. The minimum Gasteiger partial charge on any atom is -0.366 e. The number of nitrogens with one attached hydrogen (secondary N) is 1. The van der Waals surface area contributed by atoms with E-state index in [0.29, 0.717) is 11.5 Å². The zero-order chi connectivity index (χ0) is 15.7. The normalized spacial score (nSPS) is 11.8. The largest absolute Gasteiger partial charge is 0.419 e. The Morgan fingerprint density at radius 2 is 1.95 bits per heavy atom. The van der Waals surface area contributed by atoms with Crippen molar-refractivity contribution in [2.75, 3.05) is 5.32 Å². The lowest BCUT2D eigenvalue weighted by molar-refractivity contribution is -0.140. The van der Waals surface area contributed by atoms with Crippen molar-refractivity contribution in [3.63, 3.8) is 0 Å². The number of benzene rings is 1. The lowest BCUT2D eigenvalue weighted by Gasteiger charge is -2.12. The fourth-order valence-electron chi connectivity index (χ4n) is 2.03. The van der Waals surface area contributed by atoms with Gasteiger partial charge in [-0.2, -0.15) is 18.3 Å². The van der Waals surface area contributed by atoms with Crippen molar-refractivity contribution >= 4 is 11.5 Å². The molecule has 4 nitrogen and oxygen atoms in total. The highest BCUT2D eigenvalue weighted by Gasteiger charge is 2.34. The predicted octanol–water partition coefficient (Wildman–Crippen LogP) is 3.50. The van der Waals surface area contributed by atoms with Gasteiger partial charge in [0.2, 0.25) is 0 Å². The van der Waals surface area contributed by atoms with Gasteiger partial charge in [-0.15, -0.1) is 0 Å². The van der Waals surface area contributed by atoms with Gasteiger partial charge in [0, 0.05) is 24.4 Å². The number of nitrogens with zero attached hydrogens (tertiary/aromatic N) is 3. The molecule has 2 heterocycles. The van der Waals surface area contributed by atoms with E-state index in [1.54, 1.807) is 24.5 Å². The zero-order valence-corrected chi connectivity index (χ0v) is 11.1. The molecule has 0 radical (unpaired) electrons. The Labute approximate surface area is 122 Å². The van der Waals surface area contributed by atoms with Gasteiger partial charge in [-0.25, -0.2) is 13.9 Å². The Bertz CT molecular complexity index is 810. The van der Waals surface area contributed by atoms with Crippen molar-refractivity contribution in [3.05, 3.63) is 59.7 Å². The third-order valence-corrected chi connectivity index (χ3v) is 3.10. The summed E-state index contributed by atoms with van der Waals surface area (Å²) in [6.45, 7) is -0.104. The number of aromatic nitrogens is 3. The molecule has 0 saturated heterocycles. The van der Waals surface area contributed by atoms with Gasteiger partial charge in [-0.1, -0.05) is 12.1 Å². The molecule has 0 bridgehead atoms. The first kappa shape index (κ1) is 14.3. The van der Waals surface area contributed by atoms with E-state index >= 15 is 0 Å². The molecule has 0 aliphatic heterocycles. The van der Waals surface area contributed by atoms with E-state index in [9.17, 15) is 17.6 Å². The molecule has 22 heavy (non-hydrogen) atoms. The molecule has 0 amide bonds. The third-order valence-electron chi connectivity index (χ3n) is 3.10. The highest BCUT2D eigenvalue weighted by Crippen LogP contribution is 2.32. The summed E-state index contributed by atoms with van der Waals surface area (Å²) in [5.41, 5.74) is -0.773. The maximum Gasteiger partial charge on any atom is 0.419 e. The molecule has 0 saturated carbocycles. The first-order chi connectivity index (χ1) is 10.4. The van der Waals surface area contributed by atoms with Crippen molar-refractivity contribution in [2.24, 2.45) is 0 Å². The summed E-state index contributed by atoms with van der Waals surface area (Å²) in [4.78, 5) is 4.20. The van der Waals surface area contributed by atoms with Gasteiger partial charge in [-0.3, -0.25) is 0 Å². The molecule has 0 aliphatic carbocycles. The maximum absolute atomic E-state index is 13.9. The minimum absolute atomic E-state index is 0.0787. The van der Waals surface area contributed by atoms with Crippen LogP contribution in [0, 0.1) is 5.82 Å². The first-order valence-corrected chi connectivity index (χ1v) is 6.34. The molecule has 1 aromatic carbocycles. The third kappa shape index (κ3) is 2.72. The predicted molar refractivity (Wildman–Crippen MR) is 71.7 cm³/mol. The van der Waals surface area contributed by atoms with E-state index in [4.69, 9.17) is 0 Å². The molecule has 0 unspecified atom stereocenters. The number of fused-ring (bicyclic) bond motifs is 1. The molecule has 114 valence electrons. The van der Waals surface area contributed by atoms with Crippen LogP contribution in [0.1, 0.15) is 11.1 Å². The van der Waals surface area contributed by atoms with Crippen LogP contribution >= 0.6 is 0 Å². The maximum atomic E-state index is 13.9. The lowest BCUT2D eigenvalue weighted by atomic mass is 10.1. The van der Waals surface area contributed by atoms with Gasteiger partial charge in [0.15, 0.2) is 5.65 Å². The summed E-state index contributed by atoms with van der Waals surface area (Å²) in [6, 6.07) is 6.47. The molecule has 8 heteroatoms. The molecule has 0 fully saturated rings. The summed E-state index contributed by atoms with van der Waals surface area (Å²) >= 11 is 0. The lowest BCUT2D eigenvalue weighted by Crippen LogP contribution is -2.12. The summed E-state index contributed by atoms with van der Waals surface area (Å²) in [5, 5.41) is 6.78. The molecule has 1 N–H and O–H groups in total. The Balaban J connectivity index is 1.81. The van der Waals surface area contributed by atoms with Gasteiger partial charge in [-0.05, 0) is 12.1 Å². The molecule has 3 aromatic rings. The number of anilines is 1. The number of alkyl halides is 3. The van der Waals surface area contributed by atoms with Gasteiger partial charge in [0.25, 0.3) is 0 Å². The molecular weight excluding hydrogens is 300 g/mol. The molecular formula is C14H10F4N4. The van der Waals surface area contributed by atoms with Crippen LogP contribution in [0.5, 0.6) is 0 Å². The van der Waals surface area contributed by atoms with Crippen LogP contribution < -0.4 is 5.32 Å². The van der Waals surface area contributed by atoms with Crippen molar-refractivity contribution in [3.8, 4) is 0 Å². The number of halogens is 4. The second kappa shape index (κ2) is 5.28.